The predicted molar refractivity (Wildman–Crippen MR) is 210 cm³/mol. The molecule has 2 heterocycles. The van der Waals surface area contributed by atoms with Crippen LogP contribution >= 0.6 is 0 Å². The molecular weight excluding hydrogens is 806 g/mol. The van der Waals surface area contributed by atoms with E-state index >= 15 is 0 Å². The van der Waals surface area contributed by atoms with Gasteiger partial charge in [-0.05, 0) is 68.2 Å². The quantitative estimate of drug-likeness (QED) is 0.180. The van der Waals surface area contributed by atoms with Crippen LogP contribution in [0.4, 0.5) is 0 Å². The Labute approximate surface area is 319 Å². The van der Waals surface area contributed by atoms with E-state index in [0.29, 0.717) is 11.4 Å². The predicted octanol–water partition coefficient (Wildman–Crippen LogP) is 12.1. The molecule has 6 aromatic rings. The van der Waals surface area contributed by atoms with Crippen LogP contribution in [0, 0.1) is 6.07 Å². The van der Waals surface area contributed by atoms with E-state index in [2.05, 4.69) is 154 Å². The Balaban J connectivity index is 0.00000504. The number of phenols is 1. The second-order valence-electron chi connectivity index (χ2n) is 17.8. The Morgan fingerprint density at radius 2 is 1.18 bits per heavy atom. The maximum absolute atomic E-state index is 11.4. The number of hydrogen-bond acceptors (Lipinski definition) is 3. The molecule has 0 aliphatic rings. The third-order valence-corrected chi connectivity index (χ3v) is 9.63. The summed E-state index contributed by atoms with van der Waals surface area (Å²) in [6, 6.07) is 33.1. The van der Waals surface area contributed by atoms with Gasteiger partial charge in [0.1, 0.15) is 11.6 Å². The van der Waals surface area contributed by atoms with Gasteiger partial charge >= 0.3 is 0 Å². The molecule has 0 bridgehead atoms. The Morgan fingerprint density at radius 3 is 1.76 bits per heavy atom. The van der Waals surface area contributed by atoms with Crippen molar-refractivity contribution < 1.29 is 26.2 Å². The summed E-state index contributed by atoms with van der Waals surface area (Å²) >= 11 is 0. The smallest absolute Gasteiger partial charge is 0.148 e. The Bertz CT molecular complexity index is 2180. The van der Waals surface area contributed by atoms with Crippen molar-refractivity contribution in [3.8, 4) is 45.2 Å². The van der Waals surface area contributed by atoms with Crippen molar-refractivity contribution in [2.24, 2.45) is 0 Å². The van der Waals surface area contributed by atoms with Gasteiger partial charge in [-0.15, -0.1) is 29.8 Å². The van der Waals surface area contributed by atoms with Gasteiger partial charge in [-0.2, -0.15) is 0 Å². The second-order valence-corrected chi connectivity index (χ2v) is 17.8. The van der Waals surface area contributed by atoms with Gasteiger partial charge in [0.25, 0.3) is 0 Å². The number of imidazole rings is 1. The summed E-state index contributed by atoms with van der Waals surface area (Å²) in [5.41, 5.74) is 11.9. The fourth-order valence-corrected chi connectivity index (χ4v) is 6.70. The minimum Gasteiger partial charge on any atom is -0.507 e. The molecule has 0 unspecified atom stereocenters. The van der Waals surface area contributed by atoms with Crippen LogP contribution in [0.15, 0.2) is 91.1 Å². The molecule has 0 aliphatic heterocycles. The summed E-state index contributed by atoms with van der Waals surface area (Å²) in [6.45, 7) is 27.1. The molecule has 5 heteroatoms. The zero-order valence-corrected chi connectivity index (χ0v) is 34.5. The van der Waals surface area contributed by atoms with Crippen molar-refractivity contribution in [2.45, 2.75) is 105 Å². The molecule has 2 aromatic heterocycles. The van der Waals surface area contributed by atoms with Gasteiger partial charge < -0.3 is 5.11 Å². The van der Waals surface area contributed by atoms with Gasteiger partial charge in [-0.1, -0.05) is 137 Å². The number of rotatable bonds is 4. The van der Waals surface area contributed by atoms with Crippen LogP contribution in [0.3, 0.4) is 0 Å². The number of nitrogens with zero attached hydrogens (tertiary/aromatic N) is 3. The molecule has 4 nitrogen and oxygen atoms in total. The SMILES string of the molecule is CC(C)(C)c1ccnc(-c2[c-]c(-c3cc(C(C)(C)C)cc4c3nc(-c3ccccc3O)n4-c3c(C(C)(C)C)cccc3C(C)(C)C)ccc2)c1.[Pt]. The van der Waals surface area contributed by atoms with Crippen molar-refractivity contribution in [1.29, 1.82) is 0 Å². The molecule has 4 aromatic carbocycles. The van der Waals surface area contributed by atoms with E-state index in [9.17, 15) is 5.11 Å². The van der Waals surface area contributed by atoms with Gasteiger partial charge in [0.05, 0.1) is 22.3 Å². The summed E-state index contributed by atoms with van der Waals surface area (Å²) in [5, 5.41) is 11.4. The molecule has 6 rings (SSSR count). The Morgan fingerprint density at radius 1 is 0.588 bits per heavy atom. The summed E-state index contributed by atoms with van der Waals surface area (Å²) in [4.78, 5) is 10.3. The van der Waals surface area contributed by atoms with E-state index in [1.807, 2.05) is 24.4 Å². The van der Waals surface area contributed by atoms with Crippen LogP contribution in [0.25, 0.3) is 50.5 Å². The fourth-order valence-electron chi connectivity index (χ4n) is 6.70. The van der Waals surface area contributed by atoms with Gasteiger partial charge in [0, 0.05) is 33.0 Å². The minimum absolute atomic E-state index is 0. The molecule has 0 saturated carbocycles. The molecule has 0 fully saturated rings. The zero-order valence-electron chi connectivity index (χ0n) is 32.3. The number of benzene rings is 4. The third-order valence-electron chi connectivity index (χ3n) is 9.63. The first-order valence-corrected chi connectivity index (χ1v) is 17.7. The van der Waals surface area contributed by atoms with Crippen molar-refractivity contribution in [1.82, 2.24) is 14.5 Å². The molecule has 1 N–H and O–H groups in total. The normalized spacial score (nSPS) is 12.6. The van der Waals surface area contributed by atoms with E-state index < -0.39 is 0 Å². The van der Waals surface area contributed by atoms with E-state index in [4.69, 9.17) is 9.97 Å². The monoisotopic (exact) mass is 857 g/mol. The maximum Gasteiger partial charge on any atom is 0.148 e. The first kappa shape index (κ1) is 38.2. The van der Waals surface area contributed by atoms with Crippen molar-refractivity contribution in [3.63, 3.8) is 0 Å². The second kappa shape index (κ2) is 13.5. The van der Waals surface area contributed by atoms with Crippen molar-refractivity contribution in [2.75, 3.05) is 0 Å². The molecule has 0 amide bonds. The number of aromatic nitrogens is 3. The van der Waals surface area contributed by atoms with Gasteiger partial charge in [-0.25, -0.2) is 4.98 Å². The number of aromatic hydroxyl groups is 1. The number of hydrogen-bond donors (Lipinski definition) is 1. The van der Waals surface area contributed by atoms with Crippen LogP contribution in [-0.2, 0) is 42.7 Å². The van der Waals surface area contributed by atoms with Gasteiger partial charge in [0.15, 0.2) is 0 Å². The van der Waals surface area contributed by atoms with Crippen LogP contribution < -0.4 is 0 Å². The van der Waals surface area contributed by atoms with Crippen LogP contribution in [-0.4, -0.2) is 19.6 Å². The summed E-state index contributed by atoms with van der Waals surface area (Å²) in [7, 11) is 0. The van der Waals surface area contributed by atoms with Crippen molar-refractivity contribution >= 4 is 11.0 Å². The van der Waals surface area contributed by atoms with E-state index in [1.54, 1.807) is 6.07 Å². The summed E-state index contributed by atoms with van der Waals surface area (Å²) in [6.07, 6.45) is 1.90. The first-order chi connectivity index (χ1) is 23.2. The summed E-state index contributed by atoms with van der Waals surface area (Å²) in [5.74, 6) is 0.911. The molecule has 0 saturated heterocycles. The average molecular weight is 858 g/mol. The number of fused-ring (bicyclic) bond motifs is 1. The van der Waals surface area contributed by atoms with Crippen molar-refractivity contribution in [3.05, 3.63) is 119 Å². The molecule has 0 spiro atoms. The number of phenolic OH excluding ortho intramolecular Hbond substituents is 1. The molecule has 51 heavy (non-hydrogen) atoms. The fraction of sp³-hybridized carbons (Fsp3) is 0.348. The zero-order chi connectivity index (χ0) is 36.4. The topological polar surface area (TPSA) is 50.9 Å². The van der Waals surface area contributed by atoms with Gasteiger partial charge in [-0.3, -0.25) is 9.55 Å². The standard InChI is InChI=1S/C46H52N3O.Pt/c1-43(2,3)31-23-24-47-37(27-31)30-18-15-17-29(25-30)34-26-32(44(4,5)6)28-38-40(34)48-42(33-19-13-14-22-39(33)50)49(38)41-35(45(7,8)9)20-16-21-36(41)46(10,11)12;/h13-24,26-28,50H,1-12H3;/q-1;. The van der Waals surface area contributed by atoms with Crippen LogP contribution in [0.1, 0.15) is 105 Å². The van der Waals surface area contributed by atoms with Crippen LogP contribution in [0.5, 0.6) is 5.75 Å². The van der Waals surface area contributed by atoms with Crippen LogP contribution in [0.2, 0.25) is 0 Å². The molecule has 268 valence electrons. The Hall–Kier alpha value is -4.01. The number of para-hydroxylation sites is 2. The molecule has 0 aliphatic carbocycles. The van der Waals surface area contributed by atoms with Gasteiger partial charge in [0.2, 0.25) is 0 Å². The molecular formula is C46H52N3OPt-. The first-order valence-electron chi connectivity index (χ1n) is 17.7. The molecule has 0 atom stereocenters. The summed E-state index contributed by atoms with van der Waals surface area (Å²) < 4.78 is 2.32. The third kappa shape index (κ3) is 7.49. The largest absolute Gasteiger partial charge is 0.507 e. The van der Waals surface area contributed by atoms with E-state index in [0.717, 1.165) is 39.1 Å². The number of pyridine rings is 1. The molecule has 0 radical (unpaired) electrons. The average Bonchev–Trinajstić information content (AvgIpc) is 3.41. The Kier molecular flexibility index (Phi) is 10.1. The minimum atomic E-state index is -0.162. The van der Waals surface area contributed by atoms with E-state index in [1.165, 1.54) is 22.3 Å². The maximum atomic E-state index is 11.4. The van der Waals surface area contributed by atoms with E-state index in [-0.39, 0.29) is 48.5 Å².